The Bertz CT molecular complexity index is 633. The number of hydrogen-bond acceptors (Lipinski definition) is 5. The lowest BCUT2D eigenvalue weighted by Crippen LogP contribution is -2.40. The molecule has 0 spiro atoms. The number of carboxylic acid groups (broad SMARTS) is 1. The summed E-state index contributed by atoms with van der Waals surface area (Å²) in [6, 6.07) is 3.31. The molecule has 1 atom stereocenters. The van der Waals surface area contributed by atoms with Gasteiger partial charge in [-0.3, -0.25) is 4.79 Å². The summed E-state index contributed by atoms with van der Waals surface area (Å²) in [5, 5.41) is 17.6. The molecular formula is C11H11N3O4S. The zero-order valence-electron chi connectivity index (χ0n) is 9.85. The summed E-state index contributed by atoms with van der Waals surface area (Å²) in [5.74, 6) is -1.15. The first-order valence-corrected chi connectivity index (χ1v) is 7.01. The molecule has 1 aliphatic heterocycles. The number of aromatic nitrogens is 1. The summed E-state index contributed by atoms with van der Waals surface area (Å²) in [6.45, 7) is 0.180. The Labute approximate surface area is 110 Å². The normalized spacial score (nSPS) is 20.1. The molecule has 1 saturated heterocycles. The van der Waals surface area contributed by atoms with Gasteiger partial charge in [-0.15, -0.1) is 0 Å². The highest BCUT2D eigenvalue weighted by molar-refractivity contribution is 7.89. The van der Waals surface area contributed by atoms with Gasteiger partial charge in [0.2, 0.25) is 10.0 Å². The SMILES string of the molecule is N#Cc1ccc(S(=O)(=O)N2CCC[C@@H]2C(=O)O)cn1. The molecule has 0 radical (unpaired) electrons. The minimum absolute atomic E-state index is 0.0975. The van der Waals surface area contributed by atoms with Crippen molar-refractivity contribution in [2.24, 2.45) is 0 Å². The first-order valence-electron chi connectivity index (χ1n) is 5.57. The first-order chi connectivity index (χ1) is 8.96. The summed E-state index contributed by atoms with van der Waals surface area (Å²) in [6.07, 6.45) is 1.89. The molecule has 1 N–H and O–H groups in total. The van der Waals surface area contributed by atoms with E-state index in [9.17, 15) is 13.2 Å². The molecule has 0 bridgehead atoms. The van der Waals surface area contributed by atoms with Crippen molar-refractivity contribution in [3.05, 3.63) is 24.0 Å². The van der Waals surface area contributed by atoms with Gasteiger partial charge in [0.25, 0.3) is 0 Å². The molecule has 0 amide bonds. The molecule has 0 saturated carbocycles. The van der Waals surface area contributed by atoms with Gasteiger partial charge in [-0.2, -0.15) is 9.57 Å². The number of carboxylic acids is 1. The van der Waals surface area contributed by atoms with Crippen LogP contribution >= 0.6 is 0 Å². The average molecular weight is 281 g/mol. The molecule has 19 heavy (non-hydrogen) atoms. The maximum absolute atomic E-state index is 12.3. The summed E-state index contributed by atoms with van der Waals surface area (Å²) in [4.78, 5) is 14.6. The third-order valence-corrected chi connectivity index (χ3v) is 4.84. The van der Waals surface area contributed by atoms with Gasteiger partial charge in [0.05, 0.1) is 0 Å². The first kappa shape index (κ1) is 13.5. The molecule has 1 aromatic rings. The van der Waals surface area contributed by atoms with E-state index in [1.165, 1.54) is 12.1 Å². The van der Waals surface area contributed by atoms with E-state index in [4.69, 9.17) is 10.4 Å². The smallest absolute Gasteiger partial charge is 0.322 e. The van der Waals surface area contributed by atoms with E-state index in [0.29, 0.717) is 12.8 Å². The third-order valence-electron chi connectivity index (χ3n) is 2.95. The number of nitrogens with zero attached hydrogens (tertiary/aromatic N) is 3. The second-order valence-electron chi connectivity index (χ2n) is 4.10. The van der Waals surface area contributed by atoms with E-state index in [-0.39, 0.29) is 17.1 Å². The molecule has 1 aliphatic rings. The van der Waals surface area contributed by atoms with Crippen LogP contribution < -0.4 is 0 Å². The quantitative estimate of drug-likeness (QED) is 0.846. The standard InChI is InChI=1S/C11H11N3O4S/c12-6-8-3-4-9(7-13-8)19(17,18)14-5-1-2-10(14)11(15)16/h3-4,7,10H,1-2,5H2,(H,15,16)/t10-/m1/s1. The second kappa shape index (κ2) is 4.95. The summed E-state index contributed by atoms with van der Waals surface area (Å²) >= 11 is 0. The lowest BCUT2D eigenvalue weighted by Gasteiger charge is -2.20. The fourth-order valence-corrected chi connectivity index (χ4v) is 3.61. The maximum Gasteiger partial charge on any atom is 0.322 e. The van der Waals surface area contributed by atoms with Crippen LogP contribution in [0, 0.1) is 11.3 Å². The van der Waals surface area contributed by atoms with Crippen molar-refractivity contribution in [2.75, 3.05) is 6.54 Å². The van der Waals surface area contributed by atoms with Gasteiger partial charge in [0.15, 0.2) is 0 Å². The Morgan fingerprint density at radius 1 is 1.53 bits per heavy atom. The van der Waals surface area contributed by atoms with Crippen LogP contribution in [0.1, 0.15) is 18.5 Å². The van der Waals surface area contributed by atoms with Crippen molar-refractivity contribution >= 4 is 16.0 Å². The molecule has 0 aliphatic carbocycles. The Balaban J connectivity index is 2.36. The summed E-state index contributed by atoms with van der Waals surface area (Å²) in [5.41, 5.74) is 0.107. The van der Waals surface area contributed by atoms with Crippen molar-refractivity contribution in [2.45, 2.75) is 23.8 Å². The third kappa shape index (κ3) is 2.43. The Morgan fingerprint density at radius 2 is 2.26 bits per heavy atom. The molecule has 0 aromatic carbocycles. The van der Waals surface area contributed by atoms with Gasteiger partial charge in [-0.05, 0) is 25.0 Å². The highest BCUT2D eigenvalue weighted by Crippen LogP contribution is 2.25. The highest BCUT2D eigenvalue weighted by Gasteiger charge is 2.39. The average Bonchev–Trinajstić information content (AvgIpc) is 2.89. The van der Waals surface area contributed by atoms with Crippen molar-refractivity contribution in [3.8, 4) is 6.07 Å². The van der Waals surface area contributed by atoms with Crippen LogP contribution in [0.4, 0.5) is 0 Å². The van der Waals surface area contributed by atoms with Crippen LogP contribution in [0.15, 0.2) is 23.2 Å². The molecule has 0 unspecified atom stereocenters. The van der Waals surface area contributed by atoms with E-state index in [1.807, 2.05) is 0 Å². The van der Waals surface area contributed by atoms with Crippen molar-refractivity contribution in [1.82, 2.24) is 9.29 Å². The van der Waals surface area contributed by atoms with Gasteiger partial charge in [0, 0.05) is 12.7 Å². The predicted molar refractivity (Wildman–Crippen MR) is 63.5 cm³/mol. The van der Waals surface area contributed by atoms with Crippen LogP contribution in [-0.2, 0) is 14.8 Å². The molecule has 1 fully saturated rings. The van der Waals surface area contributed by atoms with E-state index in [1.54, 1.807) is 6.07 Å². The van der Waals surface area contributed by atoms with E-state index in [0.717, 1.165) is 10.5 Å². The van der Waals surface area contributed by atoms with Crippen LogP contribution in [0.5, 0.6) is 0 Å². The van der Waals surface area contributed by atoms with E-state index < -0.39 is 22.0 Å². The highest BCUT2D eigenvalue weighted by atomic mass is 32.2. The molecule has 2 rings (SSSR count). The number of hydrogen-bond donors (Lipinski definition) is 1. The molecule has 7 nitrogen and oxygen atoms in total. The van der Waals surface area contributed by atoms with Crippen molar-refractivity contribution in [1.29, 1.82) is 5.26 Å². The molecule has 8 heteroatoms. The number of sulfonamides is 1. The van der Waals surface area contributed by atoms with Crippen LogP contribution in [0.25, 0.3) is 0 Å². The molecular weight excluding hydrogens is 270 g/mol. The number of rotatable bonds is 3. The van der Waals surface area contributed by atoms with Gasteiger partial charge >= 0.3 is 5.97 Å². The monoisotopic (exact) mass is 281 g/mol. The second-order valence-corrected chi connectivity index (χ2v) is 5.99. The number of carbonyl (C=O) groups is 1. The molecule has 2 heterocycles. The van der Waals surface area contributed by atoms with E-state index >= 15 is 0 Å². The molecule has 100 valence electrons. The van der Waals surface area contributed by atoms with Gasteiger partial charge in [-0.1, -0.05) is 0 Å². The molecule has 1 aromatic heterocycles. The lowest BCUT2D eigenvalue weighted by molar-refractivity contribution is -0.140. The lowest BCUT2D eigenvalue weighted by atomic mass is 10.2. The maximum atomic E-state index is 12.3. The Hall–Kier alpha value is -1.98. The number of pyridine rings is 1. The zero-order valence-corrected chi connectivity index (χ0v) is 10.7. The number of nitriles is 1. The van der Waals surface area contributed by atoms with Crippen LogP contribution in [0.3, 0.4) is 0 Å². The van der Waals surface area contributed by atoms with Gasteiger partial charge < -0.3 is 5.11 Å². The fraction of sp³-hybridized carbons (Fsp3) is 0.364. The topological polar surface area (TPSA) is 111 Å². The van der Waals surface area contributed by atoms with E-state index in [2.05, 4.69) is 4.98 Å². The van der Waals surface area contributed by atoms with Gasteiger partial charge in [0.1, 0.15) is 22.7 Å². The van der Waals surface area contributed by atoms with Crippen LogP contribution in [-0.4, -0.2) is 41.4 Å². The fourth-order valence-electron chi connectivity index (χ4n) is 2.01. The number of aliphatic carboxylic acids is 1. The minimum Gasteiger partial charge on any atom is -0.480 e. The predicted octanol–water partition coefficient (Wildman–Crippen LogP) is 0.191. The van der Waals surface area contributed by atoms with Crippen molar-refractivity contribution < 1.29 is 18.3 Å². The minimum atomic E-state index is -3.88. The Morgan fingerprint density at radius 3 is 2.79 bits per heavy atom. The Kier molecular flexibility index (Phi) is 3.50. The summed E-state index contributed by atoms with van der Waals surface area (Å²) < 4.78 is 25.5. The summed E-state index contributed by atoms with van der Waals surface area (Å²) in [7, 11) is -3.88. The van der Waals surface area contributed by atoms with Crippen LogP contribution in [0.2, 0.25) is 0 Å². The van der Waals surface area contributed by atoms with Gasteiger partial charge in [-0.25, -0.2) is 13.4 Å². The zero-order chi connectivity index (χ0) is 14.0. The largest absolute Gasteiger partial charge is 0.480 e. The van der Waals surface area contributed by atoms with Crippen molar-refractivity contribution in [3.63, 3.8) is 0 Å².